The second-order valence-electron chi connectivity index (χ2n) is 2.90. The fourth-order valence-electron chi connectivity index (χ4n) is 1.29. The van der Waals surface area contributed by atoms with Crippen molar-refractivity contribution in [2.45, 2.75) is 6.04 Å². The SMILES string of the molecule is N[C@@H](c1ccccc1)c1ccco1. The molecule has 13 heavy (non-hydrogen) atoms. The van der Waals surface area contributed by atoms with Gasteiger partial charge in [-0.15, -0.1) is 0 Å². The van der Waals surface area contributed by atoms with E-state index < -0.39 is 0 Å². The van der Waals surface area contributed by atoms with Gasteiger partial charge in [0.25, 0.3) is 0 Å². The molecule has 0 aliphatic carbocycles. The summed E-state index contributed by atoms with van der Waals surface area (Å²) in [4.78, 5) is 0. The summed E-state index contributed by atoms with van der Waals surface area (Å²) >= 11 is 0. The standard InChI is InChI=1S/C11H11NO/c12-11(10-7-4-8-13-10)9-5-2-1-3-6-9/h1-8,11H,12H2/t11-/m0/s1. The summed E-state index contributed by atoms with van der Waals surface area (Å²) in [6.07, 6.45) is 1.64. The van der Waals surface area contributed by atoms with Gasteiger partial charge in [0.05, 0.1) is 12.3 Å². The van der Waals surface area contributed by atoms with E-state index in [1.807, 2.05) is 42.5 Å². The molecule has 0 spiro atoms. The molecule has 0 fully saturated rings. The Hall–Kier alpha value is -1.54. The molecule has 0 aliphatic rings. The molecule has 0 saturated carbocycles. The summed E-state index contributed by atoms with van der Waals surface area (Å²) in [5.41, 5.74) is 7.03. The van der Waals surface area contributed by atoms with Crippen molar-refractivity contribution in [3.8, 4) is 0 Å². The summed E-state index contributed by atoms with van der Waals surface area (Å²) < 4.78 is 5.22. The van der Waals surface area contributed by atoms with Crippen LogP contribution in [0.15, 0.2) is 53.1 Å². The number of hydrogen-bond donors (Lipinski definition) is 1. The Morgan fingerprint density at radius 3 is 2.38 bits per heavy atom. The maximum absolute atomic E-state index is 5.97. The molecule has 2 nitrogen and oxygen atoms in total. The molecule has 1 atom stereocenters. The van der Waals surface area contributed by atoms with Crippen molar-refractivity contribution < 1.29 is 4.42 Å². The van der Waals surface area contributed by atoms with Crippen LogP contribution in [0.2, 0.25) is 0 Å². The molecular weight excluding hydrogens is 162 g/mol. The van der Waals surface area contributed by atoms with Gasteiger partial charge in [-0.1, -0.05) is 30.3 Å². The highest BCUT2D eigenvalue weighted by molar-refractivity contribution is 5.25. The largest absolute Gasteiger partial charge is 0.467 e. The van der Waals surface area contributed by atoms with Crippen LogP contribution in [-0.4, -0.2) is 0 Å². The lowest BCUT2D eigenvalue weighted by atomic mass is 10.1. The molecule has 0 saturated heterocycles. The first-order chi connectivity index (χ1) is 6.38. The normalized spacial score (nSPS) is 12.7. The fourth-order valence-corrected chi connectivity index (χ4v) is 1.29. The van der Waals surface area contributed by atoms with Crippen molar-refractivity contribution in [2.24, 2.45) is 5.73 Å². The minimum Gasteiger partial charge on any atom is -0.467 e. The molecule has 0 amide bonds. The van der Waals surface area contributed by atoms with E-state index in [1.165, 1.54) is 0 Å². The van der Waals surface area contributed by atoms with Crippen LogP contribution >= 0.6 is 0 Å². The molecule has 2 heteroatoms. The van der Waals surface area contributed by atoms with Gasteiger partial charge in [-0.05, 0) is 17.7 Å². The number of benzene rings is 1. The Balaban J connectivity index is 2.29. The van der Waals surface area contributed by atoms with E-state index in [2.05, 4.69) is 0 Å². The van der Waals surface area contributed by atoms with Crippen molar-refractivity contribution in [1.82, 2.24) is 0 Å². The predicted octanol–water partition coefficient (Wildman–Crippen LogP) is 2.33. The Labute approximate surface area is 77.0 Å². The van der Waals surface area contributed by atoms with E-state index in [0.717, 1.165) is 11.3 Å². The van der Waals surface area contributed by atoms with Gasteiger partial charge in [-0.3, -0.25) is 0 Å². The lowest BCUT2D eigenvalue weighted by Crippen LogP contribution is -2.10. The van der Waals surface area contributed by atoms with E-state index in [1.54, 1.807) is 6.26 Å². The van der Waals surface area contributed by atoms with E-state index in [-0.39, 0.29) is 6.04 Å². The first-order valence-electron chi connectivity index (χ1n) is 4.22. The van der Waals surface area contributed by atoms with Crippen molar-refractivity contribution in [2.75, 3.05) is 0 Å². The van der Waals surface area contributed by atoms with Crippen molar-refractivity contribution in [3.05, 3.63) is 60.1 Å². The molecule has 0 radical (unpaired) electrons. The van der Waals surface area contributed by atoms with Crippen LogP contribution in [0, 0.1) is 0 Å². The zero-order chi connectivity index (χ0) is 9.10. The number of hydrogen-bond acceptors (Lipinski definition) is 2. The molecule has 2 N–H and O–H groups in total. The zero-order valence-electron chi connectivity index (χ0n) is 7.18. The Morgan fingerprint density at radius 2 is 1.77 bits per heavy atom. The summed E-state index contributed by atoms with van der Waals surface area (Å²) in [5, 5.41) is 0. The average Bonchev–Trinajstić information content (AvgIpc) is 2.71. The van der Waals surface area contributed by atoms with Gasteiger partial charge in [0.2, 0.25) is 0 Å². The minimum atomic E-state index is -0.156. The predicted molar refractivity (Wildman–Crippen MR) is 51.2 cm³/mol. The van der Waals surface area contributed by atoms with E-state index in [4.69, 9.17) is 10.2 Å². The second-order valence-corrected chi connectivity index (χ2v) is 2.90. The Bertz CT molecular complexity index is 353. The minimum absolute atomic E-state index is 0.156. The molecule has 2 rings (SSSR count). The van der Waals surface area contributed by atoms with E-state index in [0.29, 0.717) is 0 Å². The van der Waals surface area contributed by atoms with Gasteiger partial charge in [0, 0.05) is 0 Å². The third-order valence-electron chi connectivity index (χ3n) is 2.01. The average molecular weight is 173 g/mol. The van der Waals surface area contributed by atoms with E-state index >= 15 is 0 Å². The Morgan fingerprint density at radius 1 is 1.00 bits per heavy atom. The maximum Gasteiger partial charge on any atom is 0.124 e. The van der Waals surface area contributed by atoms with Gasteiger partial charge in [-0.2, -0.15) is 0 Å². The topological polar surface area (TPSA) is 39.2 Å². The summed E-state index contributed by atoms with van der Waals surface area (Å²) in [5.74, 6) is 0.797. The zero-order valence-corrected chi connectivity index (χ0v) is 7.18. The van der Waals surface area contributed by atoms with Crippen molar-refractivity contribution >= 4 is 0 Å². The molecule has 66 valence electrons. The van der Waals surface area contributed by atoms with Crippen molar-refractivity contribution in [1.29, 1.82) is 0 Å². The summed E-state index contributed by atoms with van der Waals surface area (Å²) in [6, 6.07) is 13.5. The number of furan rings is 1. The first kappa shape index (κ1) is 8.08. The fraction of sp³-hybridized carbons (Fsp3) is 0.0909. The summed E-state index contributed by atoms with van der Waals surface area (Å²) in [6.45, 7) is 0. The van der Waals surface area contributed by atoms with Gasteiger partial charge in [0.1, 0.15) is 5.76 Å². The second kappa shape index (κ2) is 3.46. The molecule has 0 bridgehead atoms. The highest BCUT2D eigenvalue weighted by atomic mass is 16.3. The van der Waals surface area contributed by atoms with Crippen LogP contribution in [0.4, 0.5) is 0 Å². The third-order valence-corrected chi connectivity index (χ3v) is 2.01. The lowest BCUT2D eigenvalue weighted by Gasteiger charge is -2.07. The van der Waals surface area contributed by atoms with Crippen LogP contribution < -0.4 is 5.73 Å². The third kappa shape index (κ3) is 1.63. The van der Waals surface area contributed by atoms with Crippen LogP contribution in [0.25, 0.3) is 0 Å². The van der Waals surface area contributed by atoms with Gasteiger partial charge >= 0.3 is 0 Å². The lowest BCUT2D eigenvalue weighted by molar-refractivity contribution is 0.490. The van der Waals surface area contributed by atoms with Crippen LogP contribution in [-0.2, 0) is 0 Å². The molecule has 2 aromatic rings. The maximum atomic E-state index is 5.97. The monoisotopic (exact) mass is 173 g/mol. The smallest absolute Gasteiger partial charge is 0.124 e. The molecule has 0 aliphatic heterocycles. The van der Waals surface area contributed by atoms with E-state index in [9.17, 15) is 0 Å². The van der Waals surface area contributed by atoms with Gasteiger partial charge < -0.3 is 10.2 Å². The van der Waals surface area contributed by atoms with Crippen LogP contribution in [0.3, 0.4) is 0 Å². The quantitative estimate of drug-likeness (QED) is 0.757. The first-order valence-corrected chi connectivity index (χ1v) is 4.22. The molecular formula is C11H11NO. The molecule has 0 unspecified atom stereocenters. The van der Waals surface area contributed by atoms with Crippen LogP contribution in [0.1, 0.15) is 17.4 Å². The molecule has 1 aromatic heterocycles. The Kier molecular flexibility index (Phi) is 2.15. The van der Waals surface area contributed by atoms with Crippen molar-refractivity contribution in [3.63, 3.8) is 0 Å². The van der Waals surface area contributed by atoms with Gasteiger partial charge in [-0.25, -0.2) is 0 Å². The number of nitrogens with two attached hydrogens (primary N) is 1. The highest BCUT2D eigenvalue weighted by Crippen LogP contribution is 2.18. The summed E-state index contributed by atoms with van der Waals surface area (Å²) in [7, 11) is 0. The molecule has 1 heterocycles. The molecule has 1 aromatic carbocycles. The highest BCUT2D eigenvalue weighted by Gasteiger charge is 2.09. The number of rotatable bonds is 2. The van der Waals surface area contributed by atoms with Gasteiger partial charge in [0.15, 0.2) is 0 Å². The van der Waals surface area contributed by atoms with Crippen LogP contribution in [0.5, 0.6) is 0 Å².